The predicted molar refractivity (Wildman–Crippen MR) is 108 cm³/mol. The van der Waals surface area contributed by atoms with Crippen LogP contribution in [0.4, 0.5) is 4.39 Å². The summed E-state index contributed by atoms with van der Waals surface area (Å²) in [4.78, 5) is 23.4. The number of rotatable bonds is 5. The van der Waals surface area contributed by atoms with Crippen LogP contribution in [0, 0.1) is 19.7 Å². The van der Waals surface area contributed by atoms with Crippen LogP contribution in [0.5, 0.6) is 5.75 Å². The van der Waals surface area contributed by atoms with Crippen molar-refractivity contribution in [2.24, 2.45) is 0 Å². The second-order valence-corrected chi connectivity index (χ2v) is 7.93. The number of piperidine rings is 1. The molecule has 1 N–H and O–H groups in total. The largest absolute Gasteiger partial charge is 0.487 e. The van der Waals surface area contributed by atoms with Crippen LogP contribution < -0.4 is 10.1 Å². The number of amides is 1. The monoisotopic (exact) mass is 398 g/mol. The van der Waals surface area contributed by atoms with Crippen molar-refractivity contribution in [3.63, 3.8) is 0 Å². The molecule has 154 valence electrons. The van der Waals surface area contributed by atoms with Gasteiger partial charge in [-0.25, -0.2) is 9.37 Å². The molecule has 1 aromatic carbocycles. The number of hydrogen-bond donors (Lipinski definition) is 1. The van der Waals surface area contributed by atoms with Crippen molar-refractivity contribution in [3.05, 3.63) is 41.1 Å². The fraction of sp³-hybridized carbons (Fsp3) is 0.500. The molecule has 1 saturated heterocycles. The van der Waals surface area contributed by atoms with E-state index in [1.54, 1.807) is 12.3 Å². The van der Waals surface area contributed by atoms with E-state index < -0.39 is 0 Å². The van der Waals surface area contributed by atoms with Gasteiger partial charge in [0.25, 0.3) is 0 Å². The number of ether oxygens (including phenoxy) is 1. The van der Waals surface area contributed by atoms with Gasteiger partial charge in [0.1, 0.15) is 17.7 Å². The highest BCUT2D eigenvalue weighted by Crippen LogP contribution is 2.40. The van der Waals surface area contributed by atoms with Crippen LogP contribution in [0.2, 0.25) is 0 Å². The number of carbonyl (C=O) groups is 1. The molecule has 1 amide bonds. The molecular weight excluding hydrogens is 371 g/mol. The van der Waals surface area contributed by atoms with Crippen molar-refractivity contribution in [2.75, 3.05) is 26.2 Å². The second-order valence-electron chi connectivity index (χ2n) is 7.93. The average molecular weight is 398 g/mol. The fourth-order valence-electron chi connectivity index (χ4n) is 4.06. The van der Waals surface area contributed by atoms with Gasteiger partial charge in [-0.05, 0) is 51.9 Å². The van der Waals surface area contributed by atoms with Crippen molar-refractivity contribution >= 4 is 5.91 Å². The van der Waals surface area contributed by atoms with E-state index in [0.717, 1.165) is 42.9 Å². The highest BCUT2D eigenvalue weighted by Gasteiger charge is 2.30. The maximum absolute atomic E-state index is 14.4. The van der Waals surface area contributed by atoms with Crippen molar-refractivity contribution in [1.29, 1.82) is 0 Å². The first-order chi connectivity index (χ1) is 14.0. The molecule has 2 aliphatic rings. The predicted octanol–water partition coefficient (Wildman–Crippen LogP) is 2.81. The normalized spacial score (nSPS) is 18.9. The quantitative estimate of drug-likeness (QED) is 0.839. The van der Waals surface area contributed by atoms with Gasteiger partial charge in [0.05, 0.1) is 30.2 Å². The Morgan fingerprint density at radius 2 is 2.07 bits per heavy atom. The summed E-state index contributed by atoms with van der Waals surface area (Å²) in [5, 5.41) is 2.95. The Hall–Kier alpha value is -2.54. The number of aryl methyl sites for hydroxylation is 2. The average Bonchev–Trinajstić information content (AvgIpc) is 3.15. The molecule has 2 aromatic rings. The Morgan fingerprint density at radius 3 is 2.86 bits per heavy atom. The number of halogens is 1. The molecular formula is C22H27FN4O2. The van der Waals surface area contributed by atoms with Gasteiger partial charge in [0.15, 0.2) is 0 Å². The standard InChI is InChI=1S/C22H27FN4O2/c1-14-11-24-15(2)21(26-14)17-6-7-19(23)18-10-16(29-22(17)18)12-25-20(28)13-27-8-4-3-5-9-27/h6-7,11,16H,3-5,8-10,12-13H2,1-2H3,(H,25,28)/t16-/m1/s1. The van der Waals surface area contributed by atoms with Gasteiger partial charge in [-0.3, -0.25) is 14.7 Å². The Labute approximate surface area is 170 Å². The lowest BCUT2D eigenvalue weighted by Gasteiger charge is -2.25. The van der Waals surface area contributed by atoms with Crippen LogP contribution in [-0.2, 0) is 11.2 Å². The molecule has 29 heavy (non-hydrogen) atoms. The Bertz CT molecular complexity index is 912. The summed E-state index contributed by atoms with van der Waals surface area (Å²) in [6, 6.07) is 3.15. The van der Waals surface area contributed by atoms with E-state index in [-0.39, 0.29) is 17.8 Å². The third kappa shape index (κ3) is 4.40. The zero-order chi connectivity index (χ0) is 20.4. The molecule has 0 saturated carbocycles. The maximum Gasteiger partial charge on any atom is 0.234 e. The van der Waals surface area contributed by atoms with E-state index in [2.05, 4.69) is 20.2 Å². The number of aromatic nitrogens is 2. The summed E-state index contributed by atoms with van der Waals surface area (Å²) in [5.74, 6) is 0.222. The van der Waals surface area contributed by atoms with Gasteiger partial charge < -0.3 is 10.1 Å². The van der Waals surface area contributed by atoms with E-state index in [1.807, 2.05) is 13.8 Å². The number of fused-ring (bicyclic) bond motifs is 1. The highest BCUT2D eigenvalue weighted by atomic mass is 19.1. The van der Waals surface area contributed by atoms with Crippen molar-refractivity contribution in [1.82, 2.24) is 20.2 Å². The van der Waals surface area contributed by atoms with E-state index in [0.29, 0.717) is 36.5 Å². The molecule has 1 aromatic heterocycles. The van der Waals surface area contributed by atoms with Crippen LogP contribution in [0.25, 0.3) is 11.3 Å². The Morgan fingerprint density at radius 1 is 1.28 bits per heavy atom. The molecule has 1 fully saturated rings. The summed E-state index contributed by atoms with van der Waals surface area (Å²) < 4.78 is 20.5. The summed E-state index contributed by atoms with van der Waals surface area (Å²) in [6.07, 6.45) is 5.39. The lowest BCUT2D eigenvalue weighted by atomic mass is 10.0. The first-order valence-corrected chi connectivity index (χ1v) is 10.3. The van der Waals surface area contributed by atoms with Crippen molar-refractivity contribution < 1.29 is 13.9 Å². The molecule has 0 unspecified atom stereocenters. The Kier molecular flexibility index (Phi) is 5.76. The number of hydrogen-bond acceptors (Lipinski definition) is 5. The Balaban J connectivity index is 1.44. The van der Waals surface area contributed by atoms with Crippen LogP contribution >= 0.6 is 0 Å². The third-order valence-corrected chi connectivity index (χ3v) is 5.59. The first kappa shape index (κ1) is 19.8. The lowest BCUT2D eigenvalue weighted by Crippen LogP contribution is -2.42. The summed E-state index contributed by atoms with van der Waals surface area (Å²) in [6.45, 7) is 6.48. The molecule has 4 rings (SSSR count). The number of likely N-dealkylation sites (tertiary alicyclic amines) is 1. The molecule has 0 aliphatic carbocycles. The number of carbonyl (C=O) groups excluding carboxylic acids is 1. The summed E-state index contributed by atoms with van der Waals surface area (Å²) in [7, 11) is 0. The molecule has 7 heteroatoms. The van der Waals surface area contributed by atoms with Crippen LogP contribution in [0.15, 0.2) is 18.3 Å². The van der Waals surface area contributed by atoms with Crippen LogP contribution in [-0.4, -0.2) is 53.1 Å². The molecule has 3 heterocycles. The summed E-state index contributed by atoms with van der Waals surface area (Å²) in [5.41, 5.74) is 3.56. The minimum atomic E-state index is -0.288. The van der Waals surface area contributed by atoms with Gasteiger partial charge in [-0.15, -0.1) is 0 Å². The van der Waals surface area contributed by atoms with Gasteiger partial charge in [0.2, 0.25) is 5.91 Å². The number of benzene rings is 1. The first-order valence-electron chi connectivity index (χ1n) is 10.3. The van der Waals surface area contributed by atoms with E-state index in [9.17, 15) is 9.18 Å². The van der Waals surface area contributed by atoms with Gasteiger partial charge in [-0.2, -0.15) is 0 Å². The van der Waals surface area contributed by atoms with E-state index in [4.69, 9.17) is 4.74 Å². The molecule has 6 nitrogen and oxygen atoms in total. The second kappa shape index (κ2) is 8.45. The number of nitrogens with one attached hydrogen (secondary N) is 1. The van der Waals surface area contributed by atoms with Gasteiger partial charge in [-0.1, -0.05) is 6.42 Å². The zero-order valence-electron chi connectivity index (χ0n) is 17.0. The lowest BCUT2D eigenvalue weighted by molar-refractivity contribution is -0.122. The molecule has 1 atom stereocenters. The SMILES string of the molecule is Cc1cnc(C)c(-c2ccc(F)c3c2O[C@@H](CNC(=O)CN2CCCCC2)C3)n1. The van der Waals surface area contributed by atoms with E-state index in [1.165, 1.54) is 12.5 Å². The molecule has 0 radical (unpaired) electrons. The highest BCUT2D eigenvalue weighted by molar-refractivity contribution is 5.78. The number of nitrogens with zero attached hydrogens (tertiary/aromatic N) is 3. The molecule has 0 spiro atoms. The smallest absolute Gasteiger partial charge is 0.234 e. The van der Waals surface area contributed by atoms with E-state index >= 15 is 0 Å². The fourth-order valence-corrected chi connectivity index (χ4v) is 4.06. The van der Waals surface area contributed by atoms with Gasteiger partial charge in [0, 0.05) is 23.7 Å². The minimum Gasteiger partial charge on any atom is -0.487 e. The van der Waals surface area contributed by atoms with Crippen LogP contribution in [0.3, 0.4) is 0 Å². The molecule has 2 aliphatic heterocycles. The summed E-state index contributed by atoms with van der Waals surface area (Å²) >= 11 is 0. The third-order valence-electron chi connectivity index (χ3n) is 5.59. The topological polar surface area (TPSA) is 67.3 Å². The van der Waals surface area contributed by atoms with Gasteiger partial charge >= 0.3 is 0 Å². The minimum absolute atomic E-state index is 0.00690. The van der Waals surface area contributed by atoms with Crippen molar-refractivity contribution in [3.8, 4) is 17.0 Å². The maximum atomic E-state index is 14.4. The molecule has 0 bridgehead atoms. The van der Waals surface area contributed by atoms with Crippen molar-refractivity contribution in [2.45, 2.75) is 45.6 Å². The zero-order valence-corrected chi connectivity index (χ0v) is 17.0. The van der Waals surface area contributed by atoms with Crippen LogP contribution in [0.1, 0.15) is 36.2 Å².